The van der Waals surface area contributed by atoms with E-state index in [2.05, 4.69) is 6.58 Å². The van der Waals surface area contributed by atoms with Crippen LogP contribution in [0.25, 0.3) is 0 Å². The minimum Gasteiger partial charge on any atom is -0.481 e. The molecule has 2 aliphatic rings. The topological polar surface area (TPSA) is 66.8 Å². The molecule has 1 saturated heterocycles. The summed E-state index contributed by atoms with van der Waals surface area (Å²) in [6.45, 7) is 5.34. The van der Waals surface area contributed by atoms with Gasteiger partial charge in [-0.1, -0.05) is 18.9 Å². The second kappa shape index (κ2) is 7.59. The number of nitrogens with zero attached hydrogens (tertiary/aromatic N) is 1. The molecule has 1 amide bonds. The molecule has 0 spiro atoms. The summed E-state index contributed by atoms with van der Waals surface area (Å²) in [5.74, 6) is -1.22. The first-order valence-corrected chi connectivity index (χ1v) is 7.85. The lowest BCUT2D eigenvalue weighted by Gasteiger charge is -2.22. The first-order chi connectivity index (χ1) is 10.1. The largest absolute Gasteiger partial charge is 0.481 e. The van der Waals surface area contributed by atoms with Crippen LogP contribution in [-0.4, -0.2) is 47.7 Å². The molecule has 1 saturated carbocycles. The molecule has 5 nitrogen and oxygen atoms in total. The van der Waals surface area contributed by atoms with E-state index in [4.69, 9.17) is 4.74 Å². The van der Waals surface area contributed by atoms with Gasteiger partial charge in [0.1, 0.15) is 0 Å². The number of rotatable bonds is 7. The first-order valence-electron chi connectivity index (χ1n) is 7.85. The van der Waals surface area contributed by atoms with E-state index in [0.29, 0.717) is 19.7 Å². The lowest BCUT2D eigenvalue weighted by molar-refractivity contribution is -0.147. The average Bonchev–Trinajstić information content (AvgIpc) is 3.13. The van der Waals surface area contributed by atoms with Crippen LogP contribution < -0.4 is 0 Å². The first kappa shape index (κ1) is 16.0. The Bertz CT molecular complexity index is 390. The zero-order valence-electron chi connectivity index (χ0n) is 12.5. The fourth-order valence-corrected chi connectivity index (χ4v) is 3.43. The molecular formula is C16H25NO4. The standard InChI is InChI=1S/C16H25NO4/c1-2-9-21-13-7-8-17(11-13)15(18)10-14(16(19)20)12-5-3-4-6-12/h2,12-14H,1,3-11H2,(H,19,20)/t13-,14+/m1/s1. The number of carboxylic acid groups (broad SMARTS) is 1. The van der Waals surface area contributed by atoms with Crippen LogP contribution in [0.4, 0.5) is 0 Å². The van der Waals surface area contributed by atoms with Crippen LogP contribution in [0.15, 0.2) is 12.7 Å². The monoisotopic (exact) mass is 295 g/mol. The highest BCUT2D eigenvalue weighted by molar-refractivity contribution is 5.82. The Morgan fingerprint density at radius 2 is 2.05 bits per heavy atom. The Labute approximate surface area is 126 Å². The quantitative estimate of drug-likeness (QED) is 0.730. The highest BCUT2D eigenvalue weighted by Crippen LogP contribution is 2.34. The van der Waals surface area contributed by atoms with Crippen molar-refractivity contribution in [3.05, 3.63) is 12.7 Å². The van der Waals surface area contributed by atoms with Crippen molar-refractivity contribution in [3.63, 3.8) is 0 Å². The summed E-state index contributed by atoms with van der Waals surface area (Å²) in [5.41, 5.74) is 0. The van der Waals surface area contributed by atoms with Gasteiger partial charge in [0.05, 0.1) is 18.6 Å². The second-order valence-electron chi connectivity index (χ2n) is 6.07. The van der Waals surface area contributed by atoms with Crippen molar-refractivity contribution in [1.82, 2.24) is 4.90 Å². The SMILES string of the molecule is C=CCO[C@@H]1CCN(C(=O)C[C@H](C(=O)O)C2CCCC2)C1. The van der Waals surface area contributed by atoms with Crippen molar-refractivity contribution in [1.29, 1.82) is 0 Å². The van der Waals surface area contributed by atoms with Crippen LogP contribution in [0.1, 0.15) is 38.5 Å². The Hall–Kier alpha value is -1.36. The maximum Gasteiger partial charge on any atom is 0.307 e. The number of amides is 1. The Kier molecular flexibility index (Phi) is 5.79. The van der Waals surface area contributed by atoms with Gasteiger partial charge in [-0.3, -0.25) is 9.59 Å². The van der Waals surface area contributed by atoms with E-state index in [-0.39, 0.29) is 24.3 Å². The fraction of sp³-hybridized carbons (Fsp3) is 0.750. The van der Waals surface area contributed by atoms with Gasteiger partial charge in [0.15, 0.2) is 0 Å². The van der Waals surface area contributed by atoms with E-state index >= 15 is 0 Å². The second-order valence-corrected chi connectivity index (χ2v) is 6.07. The van der Waals surface area contributed by atoms with Crippen molar-refractivity contribution in [2.75, 3.05) is 19.7 Å². The fourth-order valence-electron chi connectivity index (χ4n) is 3.43. The number of hydrogen-bond donors (Lipinski definition) is 1. The van der Waals surface area contributed by atoms with Crippen molar-refractivity contribution >= 4 is 11.9 Å². The van der Waals surface area contributed by atoms with E-state index in [9.17, 15) is 14.7 Å². The van der Waals surface area contributed by atoms with E-state index in [1.165, 1.54) is 0 Å². The molecule has 2 rings (SSSR count). The third-order valence-corrected chi connectivity index (χ3v) is 4.63. The molecule has 2 fully saturated rings. The van der Waals surface area contributed by atoms with Gasteiger partial charge in [-0.2, -0.15) is 0 Å². The molecule has 5 heteroatoms. The van der Waals surface area contributed by atoms with Gasteiger partial charge in [-0.05, 0) is 25.2 Å². The molecule has 1 aliphatic heterocycles. The highest BCUT2D eigenvalue weighted by Gasteiger charge is 2.35. The molecule has 0 radical (unpaired) electrons. The van der Waals surface area contributed by atoms with Crippen LogP contribution in [-0.2, 0) is 14.3 Å². The van der Waals surface area contributed by atoms with Crippen LogP contribution in [0.5, 0.6) is 0 Å². The summed E-state index contributed by atoms with van der Waals surface area (Å²) in [6, 6.07) is 0. The maximum absolute atomic E-state index is 12.3. The smallest absolute Gasteiger partial charge is 0.307 e. The molecule has 1 N–H and O–H groups in total. The van der Waals surface area contributed by atoms with E-state index in [1.807, 2.05) is 0 Å². The van der Waals surface area contributed by atoms with Crippen LogP contribution in [0, 0.1) is 11.8 Å². The maximum atomic E-state index is 12.3. The molecule has 0 bridgehead atoms. The van der Waals surface area contributed by atoms with Crippen molar-refractivity contribution < 1.29 is 19.4 Å². The van der Waals surface area contributed by atoms with Gasteiger partial charge in [-0.15, -0.1) is 6.58 Å². The number of likely N-dealkylation sites (tertiary alicyclic amines) is 1. The van der Waals surface area contributed by atoms with Gasteiger partial charge in [0, 0.05) is 19.5 Å². The molecular weight excluding hydrogens is 270 g/mol. The van der Waals surface area contributed by atoms with Gasteiger partial charge in [-0.25, -0.2) is 0 Å². The number of aliphatic carboxylic acids is 1. The minimum atomic E-state index is -0.825. The number of carbonyl (C=O) groups is 2. The molecule has 0 aromatic heterocycles. The molecule has 0 aromatic carbocycles. The summed E-state index contributed by atoms with van der Waals surface area (Å²) >= 11 is 0. The Morgan fingerprint density at radius 3 is 2.67 bits per heavy atom. The summed E-state index contributed by atoms with van der Waals surface area (Å²) < 4.78 is 5.56. The molecule has 1 heterocycles. The summed E-state index contributed by atoms with van der Waals surface area (Å²) in [4.78, 5) is 25.5. The lowest BCUT2D eigenvalue weighted by Crippen LogP contribution is -2.34. The van der Waals surface area contributed by atoms with Crippen molar-refractivity contribution in [3.8, 4) is 0 Å². The minimum absolute atomic E-state index is 0.0426. The third kappa shape index (κ3) is 4.30. The highest BCUT2D eigenvalue weighted by atomic mass is 16.5. The number of carboxylic acids is 1. The van der Waals surface area contributed by atoms with Crippen molar-refractivity contribution in [2.45, 2.75) is 44.6 Å². The van der Waals surface area contributed by atoms with Gasteiger partial charge < -0.3 is 14.7 Å². The van der Waals surface area contributed by atoms with Crippen LogP contribution in [0.2, 0.25) is 0 Å². The van der Waals surface area contributed by atoms with E-state index in [0.717, 1.165) is 32.1 Å². The van der Waals surface area contributed by atoms with Crippen molar-refractivity contribution in [2.24, 2.45) is 11.8 Å². The van der Waals surface area contributed by atoms with Gasteiger partial charge >= 0.3 is 5.97 Å². The lowest BCUT2D eigenvalue weighted by atomic mass is 9.88. The number of hydrogen-bond acceptors (Lipinski definition) is 3. The molecule has 118 valence electrons. The Morgan fingerprint density at radius 1 is 1.33 bits per heavy atom. The predicted molar refractivity (Wildman–Crippen MR) is 78.8 cm³/mol. The zero-order chi connectivity index (χ0) is 15.2. The summed E-state index contributed by atoms with van der Waals surface area (Å²) in [5, 5.41) is 9.39. The molecule has 0 aromatic rings. The molecule has 2 atom stereocenters. The van der Waals surface area contributed by atoms with Gasteiger partial charge in [0.25, 0.3) is 0 Å². The van der Waals surface area contributed by atoms with Crippen LogP contribution in [0.3, 0.4) is 0 Å². The normalized spacial score (nSPS) is 24.2. The third-order valence-electron chi connectivity index (χ3n) is 4.63. The summed E-state index contributed by atoms with van der Waals surface area (Å²) in [7, 11) is 0. The van der Waals surface area contributed by atoms with Gasteiger partial charge in [0.2, 0.25) is 5.91 Å². The molecule has 21 heavy (non-hydrogen) atoms. The number of ether oxygens (including phenoxy) is 1. The van der Waals surface area contributed by atoms with E-state index in [1.54, 1.807) is 11.0 Å². The van der Waals surface area contributed by atoms with E-state index < -0.39 is 11.9 Å². The molecule has 0 unspecified atom stereocenters. The van der Waals surface area contributed by atoms with Crippen LogP contribution >= 0.6 is 0 Å². The zero-order valence-corrected chi connectivity index (χ0v) is 12.5. The number of carbonyl (C=O) groups excluding carboxylic acids is 1. The average molecular weight is 295 g/mol. The molecule has 1 aliphatic carbocycles. The Balaban J connectivity index is 1.84. The predicted octanol–water partition coefficient (Wildman–Crippen LogP) is 2.07. The summed E-state index contributed by atoms with van der Waals surface area (Å²) in [6.07, 6.45) is 6.76.